The first-order chi connectivity index (χ1) is 11.9. The average molecular weight is 384 g/mol. The van der Waals surface area contributed by atoms with Crippen molar-refractivity contribution >= 4 is 33.0 Å². The third-order valence-corrected chi connectivity index (χ3v) is 7.01. The first-order valence-corrected chi connectivity index (χ1v) is 9.92. The van der Waals surface area contributed by atoms with E-state index in [4.69, 9.17) is 0 Å². The molecule has 25 heavy (non-hydrogen) atoms. The monoisotopic (exact) mass is 384 g/mol. The Hall–Kier alpha value is -1.97. The van der Waals surface area contributed by atoms with Gasteiger partial charge in [0.15, 0.2) is 0 Å². The minimum absolute atomic E-state index is 0.0382. The lowest BCUT2D eigenvalue weighted by Crippen LogP contribution is -2.49. The third kappa shape index (κ3) is 3.39. The summed E-state index contributed by atoms with van der Waals surface area (Å²) in [6.07, 6.45) is 0. The van der Waals surface area contributed by atoms with Gasteiger partial charge < -0.3 is 9.64 Å². The number of hydrogen-bond acceptors (Lipinski definition) is 6. The third-order valence-electron chi connectivity index (χ3n) is 4.05. The molecule has 1 fully saturated rings. The highest BCUT2D eigenvalue weighted by Crippen LogP contribution is 2.28. The predicted octanol–water partition coefficient (Wildman–Crippen LogP) is 2.18. The Balaban J connectivity index is 1.78. The van der Waals surface area contributed by atoms with Crippen LogP contribution in [0.4, 0.5) is 10.1 Å². The molecule has 0 spiro atoms. The summed E-state index contributed by atoms with van der Waals surface area (Å²) < 4.78 is 45.5. The smallest absolute Gasteiger partial charge is 0.349 e. The zero-order valence-electron chi connectivity index (χ0n) is 13.5. The van der Waals surface area contributed by atoms with Crippen LogP contribution in [0.2, 0.25) is 0 Å². The number of hydrogen-bond donors (Lipinski definition) is 0. The predicted molar refractivity (Wildman–Crippen MR) is 93.0 cm³/mol. The minimum atomic E-state index is -3.80. The molecule has 1 saturated heterocycles. The fourth-order valence-electron chi connectivity index (χ4n) is 2.76. The number of carbonyl (C=O) groups is 1. The Morgan fingerprint density at radius 3 is 2.48 bits per heavy atom. The number of esters is 1. The van der Waals surface area contributed by atoms with Gasteiger partial charge in [-0.2, -0.15) is 4.31 Å². The number of piperazine rings is 1. The van der Waals surface area contributed by atoms with Gasteiger partial charge in [0.05, 0.1) is 12.8 Å². The fraction of sp³-hybridized carbons (Fsp3) is 0.312. The summed E-state index contributed by atoms with van der Waals surface area (Å²) in [5, 5.41) is 1.55. The Kier molecular flexibility index (Phi) is 5.07. The molecule has 0 amide bonds. The summed E-state index contributed by atoms with van der Waals surface area (Å²) in [5.74, 6) is -0.997. The second-order valence-electron chi connectivity index (χ2n) is 5.45. The summed E-state index contributed by atoms with van der Waals surface area (Å²) in [4.78, 5) is 13.6. The van der Waals surface area contributed by atoms with Crippen molar-refractivity contribution < 1.29 is 22.3 Å². The number of benzene rings is 1. The van der Waals surface area contributed by atoms with Gasteiger partial charge in [-0.3, -0.25) is 0 Å². The molecule has 0 radical (unpaired) electrons. The SMILES string of the molecule is COC(=O)c1sccc1S(=O)(=O)N1CCN(c2ccccc2F)CC1. The first kappa shape index (κ1) is 17.8. The van der Waals surface area contributed by atoms with Crippen molar-refractivity contribution in [3.63, 3.8) is 0 Å². The van der Waals surface area contributed by atoms with Crippen molar-refractivity contribution in [1.82, 2.24) is 4.31 Å². The number of thiophene rings is 1. The Bertz CT molecular complexity index is 874. The van der Waals surface area contributed by atoms with Gasteiger partial charge in [-0.25, -0.2) is 17.6 Å². The fourth-order valence-corrected chi connectivity index (χ4v) is 5.49. The highest BCUT2D eigenvalue weighted by Gasteiger charge is 2.33. The maximum atomic E-state index is 13.9. The van der Waals surface area contributed by atoms with Crippen LogP contribution in [0.15, 0.2) is 40.6 Å². The van der Waals surface area contributed by atoms with E-state index in [1.165, 1.54) is 23.5 Å². The van der Waals surface area contributed by atoms with Crippen LogP contribution in [-0.4, -0.2) is 52.0 Å². The molecule has 1 aromatic carbocycles. The molecule has 1 aliphatic rings. The van der Waals surface area contributed by atoms with Gasteiger partial charge >= 0.3 is 5.97 Å². The van der Waals surface area contributed by atoms with E-state index in [9.17, 15) is 17.6 Å². The molecular formula is C16H17FN2O4S2. The minimum Gasteiger partial charge on any atom is -0.465 e. The van der Waals surface area contributed by atoms with Gasteiger partial charge in [-0.15, -0.1) is 11.3 Å². The molecule has 0 bridgehead atoms. The Labute approximate surface area is 149 Å². The normalized spacial score (nSPS) is 16.0. The number of carbonyl (C=O) groups excluding carboxylic acids is 1. The van der Waals surface area contributed by atoms with Crippen LogP contribution in [0, 0.1) is 5.82 Å². The van der Waals surface area contributed by atoms with Crippen molar-refractivity contribution in [3.8, 4) is 0 Å². The molecular weight excluding hydrogens is 367 g/mol. The van der Waals surface area contributed by atoms with E-state index >= 15 is 0 Å². The quantitative estimate of drug-likeness (QED) is 0.756. The molecule has 0 unspecified atom stereocenters. The average Bonchev–Trinajstić information content (AvgIpc) is 3.12. The number of sulfonamides is 1. The van der Waals surface area contributed by atoms with Crippen LogP contribution in [-0.2, 0) is 14.8 Å². The molecule has 1 aliphatic heterocycles. The molecule has 2 heterocycles. The van der Waals surface area contributed by atoms with E-state index in [0.717, 1.165) is 11.3 Å². The zero-order chi connectivity index (χ0) is 18.0. The molecule has 3 rings (SSSR count). The summed E-state index contributed by atoms with van der Waals surface area (Å²) in [7, 11) is -2.58. The molecule has 0 aliphatic carbocycles. The topological polar surface area (TPSA) is 66.9 Å². The molecule has 1 aromatic heterocycles. The van der Waals surface area contributed by atoms with Crippen LogP contribution in [0.5, 0.6) is 0 Å². The van der Waals surface area contributed by atoms with Crippen molar-refractivity contribution in [3.05, 3.63) is 46.4 Å². The number of rotatable bonds is 4. The molecule has 2 aromatic rings. The van der Waals surface area contributed by atoms with Gasteiger partial charge in [-0.05, 0) is 23.6 Å². The van der Waals surface area contributed by atoms with Crippen molar-refractivity contribution in [2.45, 2.75) is 4.90 Å². The van der Waals surface area contributed by atoms with E-state index in [1.54, 1.807) is 23.6 Å². The first-order valence-electron chi connectivity index (χ1n) is 7.60. The molecule has 0 N–H and O–H groups in total. The van der Waals surface area contributed by atoms with Gasteiger partial charge in [0, 0.05) is 26.2 Å². The number of halogens is 1. The summed E-state index contributed by atoms with van der Waals surface area (Å²) >= 11 is 1.03. The molecule has 0 atom stereocenters. The van der Waals surface area contributed by atoms with Crippen LogP contribution >= 0.6 is 11.3 Å². The lowest BCUT2D eigenvalue weighted by atomic mass is 10.2. The Morgan fingerprint density at radius 1 is 1.16 bits per heavy atom. The van der Waals surface area contributed by atoms with Crippen molar-refractivity contribution in [2.75, 3.05) is 38.2 Å². The largest absolute Gasteiger partial charge is 0.465 e. The van der Waals surface area contributed by atoms with E-state index in [0.29, 0.717) is 18.8 Å². The summed E-state index contributed by atoms with van der Waals surface area (Å²) in [6, 6.07) is 7.83. The lowest BCUT2D eigenvalue weighted by molar-refractivity contribution is 0.0602. The van der Waals surface area contributed by atoms with Crippen LogP contribution in [0.3, 0.4) is 0 Å². The second-order valence-corrected chi connectivity index (χ2v) is 8.27. The highest BCUT2D eigenvalue weighted by atomic mass is 32.2. The van der Waals surface area contributed by atoms with E-state index in [1.807, 2.05) is 4.90 Å². The zero-order valence-corrected chi connectivity index (χ0v) is 15.1. The van der Waals surface area contributed by atoms with Gasteiger partial charge in [0.2, 0.25) is 10.0 Å². The standard InChI is InChI=1S/C16H17FN2O4S2/c1-23-16(20)15-14(6-11-24-15)25(21,22)19-9-7-18(8-10-19)13-5-3-2-4-12(13)17/h2-6,11H,7-10H2,1H3. The number of anilines is 1. The van der Waals surface area contributed by atoms with Crippen molar-refractivity contribution in [1.29, 1.82) is 0 Å². The van der Waals surface area contributed by atoms with Crippen LogP contribution in [0.25, 0.3) is 0 Å². The maximum absolute atomic E-state index is 13.9. The molecule has 9 heteroatoms. The highest BCUT2D eigenvalue weighted by molar-refractivity contribution is 7.89. The van der Waals surface area contributed by atoms with Gasteiger partial charge in [0.1, 0.15) is 15.6 Å². The maximum Gasteiger partial charge on any atom is 0.349 e. The number of nitrogens with zero attached hydrogens (tertiary/aromatic N) is 2. The van der Waals surface area contributed by atoms with Crippen LogP contribution in [0.1, 0.15) is 9.67 Å². The van der Waals surface area contributed by atoms with E-state index in [2.05, 4.69) is 4.74 Å². The van der Waals surface area contributed by atoms with Crippen LogP contribution < -0.4 is 4.90 Å². The molecule has 0 saturated carbocycles. The number of ether oxygens (including phenoxy) is 1. The second kappa shape index (κ2) is 7.11. The number of methoxy groups -OCH3 is 1. The summed E-state index contributed by atoms with van der Waals surface area (Å²) in [6.45, 7) is 1.18. The summed E-state index contributed by atoms with van der Waals surface area (Å²) in [5.41, 5.74) is 0.463. The van der Waals surface area contributed by atoms with E-state index in [-0.39, 0.29) is 28.7 Å². The van der Waals surface area contributed by atoms with Crippen molar-refractivity contribution in [2.24, 2.45) is 0 Å². The van der Waals surface area contributed by atoms with Gasteiger partial charge in [0.25, 0.3) is 0 Å². The number of para-hydroxylation sites is 1. The molecule has 6 nitrogen and oxygen atoms in total. The van der Waals surface area contributed by atoms with Gasteiger partial charge in [-0.1, -0.05) is 12.1 Å². The van der Waals surface area contributed by atoms with E-state index < -0.39 is 16.0 Å². The lowest BCUT2D eigenvalue weighted by Gasteiger charge is -2.35. The molecule has 134 valence electrons. The Morgan fingerprint density at radius 2 is 1.84 bits per heavy atom.